The van der Waals surface area contributed by atoms with Crippen LogP contribution >= 0.6 is 11.3 Å². The molecule has 0 amide bonds. The highest BCUT2D eigenvalue weighted by Crippen LogP contribution is 2.38. The summed E-state index contributed by atoms with van der Waals surface area (Å²) in [5.74, 6) is 3.46. The van der Waals surface area contributed by atoms with Crippen molar-refractivity contribution in [2.24, 2.45) is 5.92 Å². The minimum Gasteiger partial charge on any atom is -0.369 e. The van der Waals surface area contributed by atoms with Gasteiger partial charge in [0.1, 0.15) is 16.5 Å². The molecule has 0 radical (unpaired) electrons. The molecule has 19 heavy (non-hydrogen) atoms. The summed E-state index contributed by atoms with van der Waals surface area (Å²) in [6, 6.07) is 2.12. The van der Waals surface area contributed by atoms with E-state index < -0.39 is 0 Å². The molecule has 2 atom stereocenters. The van der Waals surface area contributed by atoms with Crippen molar-refractivity contribution in [1.29, 1.82) is 0 Å². The lowest BCUT2D eigenvalue weighted by Gasteiger charge is -2.12. The van der Waals surface area contributed by atoms with Crippen LogP contribution in [0.4, 0.5) is 5.82 Å². The number of nitrogens with one attached hydrogen (secondary N) is 1. The molecule has 0 aliphatic heterocycles. The molecule has 0 spiro atoms. The fourth-order valence-electron chi connectivity index (χ4n) is 2.87. The Morgan fingerprint density at radius 1 is 1.37 bits per heavy atom. The Kier molecular flexibility index (Phi) is 3.69. The van der Waals surface area contributed by atoms with Gasteiger partial charge in [0.05, 0.1) is 5.39 Å². The van der Waals surface area contributed by atoms with Crippen molar-refractivity contribution in [1.82, 2.24) is 9.97 Å². The van der Waals surface area contributed by atoms with Crippen molar-refractivity contribution in [3.8, 4) is 0 Å². The van der Waals surface area contributed by atoms with Crippen LogP contribution in [0, 0.1) is 5.92 Å². The van der Waals surface area contributed by atoms with Crippen LogP contribution in [0.25, 0.3) is 10.2 Å². The van der Waals surface area contributed by atoms with Gasteiger partial charge in [0, 0.05) is 12.5 Å². The summed E-state index contributed by atoms with van der Waals surface area (Å²) in [4.78, 5) is 10.7. The van der Waals surface area contributed by atoms with E-state index in [4.69, 9.17) is 9.97 Å². The Hall–Kier alpha value is -1.16. The monoisotopic (exact) mass is 275 g/mol. The molecule has 1 saturated carbocycles. The van der Waals surface area contributed by atoms with Crippen molar-refractivity contribution in [3.63, 3.8) is 0 Å². The normalized spacial score (nSPS) is 23.1. The van der Waals surface area contributed by atoms with E-state index in [9.17, 15) is 0 Å². The Labute approximate surface area is 118 Å². The molecule has 1 N–H and O–H groups in total. The third kappa shape index (κ3) is 2.59. The van der Waals surface area contributed by atoms with E-state index in [1.807, 2.05) is 0 Å². The summed E-state index contributed by atoms with van der Waals surface area (Å²) in [7, 11) is 0. The number of aromatic nitrogens is 2. The van der Waals surface area contributed by atoms with Crippen LogP contribution in [0.3, 0.4) is 0 Å². The van der Waals surface area contributed by atoms with Gasteiger partial charge in [-0.05, 0) is 43.0 Å². The molecule has 4 heteroatoms. The lowest BCUT2D eigenvalue weighted by atomic mass is 10.1. The van der Waals surface area contributed by atoms with E-state index >= 15 is 0 Å². The van der Waals surface area contributed by atoms with E-state index in [0.29, 0.717) is 5.92 Å². The van der Waals surface area contributed by atoms with Gasteiger partial charge in [-0.15, -0.1) is 11.3 Å². The van der Waals surface area contributed by atoms with Crippen molar-refractivity contribution in [2.45, 2.75) is 45.4 Å². The average molecular weight is 275 g/mol. The molecule has 2 heterocycles. The first-order chi connectivity index (χ1) is 9.28. The zero-order valence-electron chi connectivity index (χ0n) is 11.6. The van der Waals surface area contributed by atoms with Crippen LogP contribution in [0.2, 0.25) is 0 Å². The number of fused-ring (bicyclic) bond motifs is 1. The lowest BCUT2D eigenvalue weighted by Crippen LogP contribution is -2.07. The second-order valence-corrected chi connectivity index (χ2v) is 6.51. The Bertz CT molecular complexity index is 564. The second-order valence-electron chi connectivity index (χ2n) is 5.61. The first-order valence-electron chi connectivity index (χ1n) is 7.27. The molecule has 0 aromatic carbocycles. The Morgan fingerprint density at radius 3 is 3.00 bits per heavy atom. The fourth-order valence-corrected chi connectivity index (χ4v) is 3.65. The molecule has 1 fully saturated rings. The molecule has 0 saturated heterocycles. The topological polar surface area (TPSA) is 37.8 Å². The summed E-state index contributed by atoms with van der Waals surface area (Å²) in [6.07, 6.45) is 4.91. The average Bonchev–Trinajstić information content (AvgIpc) is 3.03. The summed E-state index contributed by atoms with van der Waals surface area (Å²) >= 11 is 1.72. The van der Waals surface area contributed by atoms with Crippen LogP contribution in [0.5, 0.6) is 0 Å². The lowest BCUT2D eigenvalue weighted by molar-refractivity contribution is 0.586. The van der Waals surface area contributed by atoms with Gasteiger partial charge in [-0.2, -0.15) is 0 Å². The first-order valence-corrected chi connectivity index (χ1v) is 8.15. The van der Waals surface area contributed by atoms with Crippen molar-refractivity contribution in [2.75, 3.05) is 11.9 Å². The SMILES string of the molecule is CCCNc1nc(C2CCC(C)C2)nc2sccc12. The summed E-state index contributed by atoms with van der Waals surface area (Å²) < 4.78 is 0. The fraction of sp³-hybridized carbons (Fsp3) is 0.600. The number of thiophene rings is 1. The van der Waals surface area contributed by atoms with E-state index in [0.717, 1.165) is 35.4 Å². The number of hydrogen-bond donors (Lipinski definition) is 1. The van der Waals surface area contributed by atoms with Crippen LogP contribution in [-0.4, -0.2) is 16.5 Å². The maximum Gasteiger partial charge on any atom is 0.138 e. The van der Waals surface area contributed by atoms with Gasteiger partial charge in [-0.1, -0.05) is 13.8 Å². The van der Waals surface area contributed by atoms with E-state index in [2.05, 4.69) is 30.6 Å². The highest BCUT2D eigenvalue weighted by molar-refractivity contribution is 7.16. The van der Waals surface area contributed by atoms with Crippen LogP contribution in [0.15, 0.2) is 11.4 Å². The predicted molar refractivity (Wildman–Crippen MR) is 82.0 cm³/mol. The van der Waals surface area contributed by atoms with Gasteiger partial charge < -0.3 is 5.32 Å². The van der Waals surface area contributed by atoms with E-state index in [1.54, 1.807) is 11.3 Å². The maximum atomic E-state index is 4.81. The molecule has 1 aliphatic rings. The zero-order valence-corrected chi connectivity index (χ0v) is 12.5. The molecule has 1 aliphatic carbocycles. The smallest absolute Gasteiger partial charge is 0.138 e. The highest BCUT2D eigenvalue weighted by Gasteiger charge is 2.26. The van der Waals surface area contributed by atoms with Gasteiger partial charge >= 0.3 is 0 Å². The van der Waals surface area contributed by atoms with E-state index in [-0.39, 0.29) is 0 Å². The predicted octanol–water partition coefficient (Wildman–Crippen LogP) is 4.42. The standard InChI is InChI=1S/C15H21N3S/c1-3-7-16-14-12-6-8-19-15(12)18-13(17-14)11-5-4-10(2)9-11/h6,8,10-11H,3-5,7,9H2,1-2H3,(H,16,17,18). The molecule has 3 nitrogen and oxygen atoms in total. The number of rotatable bonds is 4. The molecular formula is C15H21N3S. The largest absolute Gasteiger partial charge is 0.369 e. The molecular weight excluding hydrogens is 254 g/mol. The van der Waals surface area contributed by atoms with Gasteiger partial charge in [-0.25, -0.2) is 9.97 Å². The molecule has 0 bridgehead atoms. The molecule has 2 aromatic heterocycles. The molecule has 3 rings (SSSR count). The maximum absolute atomic E-state index is 4.81. The van der Waals surface area contributed by atoms with E-state index in [1.165, 1.54) is 24.6 Å². The second kappa shape index (κ2) is 5.45. The molecule has 2 aromatic rings. The zero-order chi connectivity index (χ0) is 13.2. The van der Waals surface area contributed by atoms with Gasteiger partial charge in [0.25, 0.3) is 0 Å². The van der Waals surface area contributed by atoms with Crippen LogP contribution < -0.4 is 5.32 Å². The van der Waals surface area contributed by atoms with Gasteiger partial charge in [0.15, 0.2) is 0 Å². The number of nitrogens with zero attached hydrogens (tertiary/aromatic N) is 2. The summed E-state index contributed by atoms with van der Waals surface area (Å²) in [6.45, 7) is 5.49. The van der Waals surface area contributed by atoms with Crippen LogP contribution in [0.1, 0.15) is 51.3 Å². The van der Waals surface area contributed by atoms with Crippen LogP contribution in [-0.2, 0) is 0 Å². The number of anilines is 1. The Balaban J connectivity index is 1.96. The summed E-state index contributed by atoms with van der Waals surface area (Å²) in [5.41, 5.74) is 0. The molecule has 2 unspecified atom stereocenters. The highest BCUT2D eigenvalue weighted by atomic mass is 32.1. The molecule has 102 valence electrons. The van der Waals surface area contributed by atoms with Crippen molar-refractivity contribution in [3.05, 3.63) is 17.3 Å². The first kappa shape index (κ1) is 12.9. The van der Waals surface area contributed by atoms with Gasteiger partial charge in [-0.3, -0.25) is 0 Å². The quantitative estimate of drug-likeness (QED) is 0.897. The summed E-state index contributed by atoms with van der Waals surface area (Å²) in [5, 5.41) is 6.74. The third-order valence-corrected chi connectivity index (χ3v) is 4.75. The Morgan fingerprint density at radius 2 is 2.26 bits per heavy atom. The van der Waals surface area contributed by atoms with Crippen molar-refractivity contribution < 1.29 is 0 Å². The van der Waals surface area contributed by atoms with Gasteiger partial charge in [0.2, 0.25) is 0 Å². The minimum absolute atomic E-state index is 0.559. The van der Waals surface area contributed by atoms with Crippen molar-refractivity contribution >= 4 is 27.4 Å². The number of hydrogen-bond acceptors (Lipinski definition) is 4. The third-order valence-electron chi connectivity index (χ3n) is 3.94. The minimum atomic E-state index is 0.559.